The summed E-state index contributed by atoms with van der Waals surface area (Å²) in [7, 11) is -7.14. The number of Topliss-reactive ketones (excluding diaryl/α,β-unsaturated/α-hetero) is 1. The summed E-state index contributed by atoms with van der Waals surface area (Å²) in [6.45, 7) is 3.91. The van der Waals surface area contributed by atoms with Crippen LogP contribution in [0.25, 0.3) is 0 Å². The highest BCUT2D eigenvalue weighted by Gasteiger charge is 2.18. The molecule has 5 rings (SSSR count). The van der Waals surface area contributed by atoms with Crippen LogP contribution in [-0.4, -0.2) is 40.7 Å². The zero-order chi connectivity index (χ0) is 39.1. The Morgan fingerprint density at radius 2 is 1.13 bits per heavy atom. The minimum atomic E-state index is -3.66. The number of ketones is 1. The third kappa shape index (κ3) is 14.5. The molecule has 2 amide bonds. The number of anilines is 3. The van der Waals surface area contributed by atoms with Crippen molar-refractivity contribution in [1.29, 1.82) is 0 Å². The van der Waals surface area contributed by atoms with E-state index >= 15 is 0 Å². The molecule has 0 heterocycles. The third-order valence-electron chi connectivity index (χ3n) is 7.95. The SMILES string of the molecule is C.CC(=O)c1ccc(CNC(=O)c2ccccc2NS(C)(=O)=O)cc1.CCCCc1ccc(NC(=O)c2ccccc2NS(=O)(=O)Cc2ccccc2)cc1. The van der Waals surface area contributed by atoms with Gasteiger partial charge >= 0.3 is 0 Å². The summed E-state index contributed by atoms with van der Waals surface area (Å²) in [5, 5.41) is 5.58. The van der Waals surface area contributed by atoms with Crippen LogP contribution in [0.15, 0.2) is 127 Å². The van der Waals surface area contributed by atoms with Gasteiger partial charge in [-0.3, -0.25) is 23.8 Å². The number of unbranched alkanes of at least 4 members (excludes halogenated alkanes) is 1. The van der Waals surface area contributed by atoms with Crippen LogP contribution in [0.5, 0.6) is 0 Å². The fourth-order valence-electron chi connectivity index (χ4n) is 5.21. The maximum absolute atomic E-state index is 12.8. The number of hydrogen-bond acceptors (Lipinski definition) is 7. The lowest BCUT2D eigenvalue weighted by molar-refractivity contribution is 0.0949. The molecule has 0 aliphatic rings. The van der Waals surface area contributed by atoms with Crippen molar-refractivity contribution >= 4 is 54.7 Å². The van der Waals surface area contributed by atoms with Crippen LogP contribution in [0.2, 0.25) is 0 Å². The van der Waals surface area contributed by atoms with Gasteiger partial charge in [0, 0.05) is 17.8 Å². The number of aryl methyl sites for hydroxylation is 1. The van der Waals surface area contributed by atoms with Crippen LogP contribution in [0.1, 0.15) is 81.9 Å². The number of carbonyl (C=O) groups excluding carboxylic acids is 3. The van der Waals surface area contributed by atoms with Gasteiger partial charge in [-0.1, -0.05) is 112 Å². The number of carbonyl (C=O) groups is 3. The predicted molar refractivity (Wildman–Crippen MR) is 221 cm³/mol. The Morgan fingerprint density at radius 3 is 1.69 bits per heavy atom. The van der Waals surface area contributed by atoms with Crippen LogP contribution in [0.4, 0.5) is 17.1 Å². The molecule has 290 valence electrons. The molecule has 13 heteroatoms. The van der Waals surface area contributed by atoms with Gasteiger partial charge in [0.05, 0.1) is 34.5 Å². The quantitative estimate of drug-likeness (QED) is 0.0780. The Kier molecular flexibility index (Phi) is 16.3. The van der Waals surface area contributed by atoms with E-state index in [2.05, 4.69) is 27.0 Å². The minimum Gasteiger partial charge on any atom is -0.348 e. The first-order chi connectivity index (χ1) is 25.7. The summed E-state index contributed by atoms with van der Waals surface area (Å²) < 4.78 is 52.8. The molecule has 0 spiro atoms. The summed E-state index contributed by atoms with van der Waals surface area (Å²) in [6.07, 6.45) is 4.30. The fourth-order valence-corrected chi connectivity index (χ4v) is 7.00. The van der Waals surface area contributed by atoms with E-state index in [0.29, 0.717) is 16.8 Å². The number of nitrogens with one attached hydrogen (secondary N) is 4. The Hall–Kier alpha value is -5.79. The van der Waals surface area contributed by atoms with Gasteiger partial charge in [0.25, 0.3) is 11.8 Å². The molecule has 0 radical (unpaired) electrons. The molecule has 11 nitrogen and oxygen atoms in total. The Labute approximate surface area is 324 Å². The molecule has 4 N–H and O–H groups in total. The lowest BCUT2D eigenvalue weighted by atomic mass is 10.1. The Balaban J connectivity index is 0.000000297. The Morgan fingerprint density at radius 1 is 0.600 bits per heavy atom. The highest BCUT2D eigenvalue weighted by atomic mass is 32.2. The fraction of sp³-hybridized carbons (Fsp3) is 0.214. The molecule has 0 saturated carbocycles. The molecular formula is C42H48N4O7S2. The summed E-state index contributed by atoms with van der Waals surface area (Å²) in [5.74, 6) is -0.943. The monoisotopic (exact) mass is 784 g/mol. The van der Waals surface area contributed by atoms with Crippen molar-refractivity contribution in [2.24, 2.45) is 0 Å². The smallest absolute Gasteiger partial charge is 0.257 e. The van der Waals surface area contributed by atoms with Gasteiger partial charge in [-0.2, -0.15) is 0 Å². The molecule has 0 unspecified atom stereocenters. The molecule has 0 bridgehead atoms. The van der Waals surface area contributed by atoms with Crippen molar-refractivity contribution in [3.63, 3.8) is 0 Å². The zero-order valence-corrected chi connectivity index (χ0v) is 32.0. The van der Waals surface area contributed by atoms with Crippen molar-refractivity contribution in [3.05, 3.63) is 161 Å². The summed E-state index contributed by atoms with van der Waals surface area (Å²) in [4.78, 5) is 36.3. The largest absolute Gasteiger partial charge is 0.348 e. The second-order valence-electron chi connectivity index (χ2n) is 12.5. The van der Waals surface area contributed by atoms with Crippen LogP contribution in [0, 0.1) is 0 Å². The normalized spacial score (nSPS) is 10.8. The van der Waals surface area contributed by atoms with Crippen molar-refractivity contribution in [2.75, 3.05) is 21.0 Å². The highest BCUT2D eigenvalue weighted by Crippen LogP contribution is 2.21. The number of amides is 2. The maximum Gasteiger partial charge on any atom is 0.257 e. The molecule has 0 aliphatic heterocycles. The van der Waals surface area contributed by atoms with Gasteiger partial charge < -0.3 is 10.6 Å². The summed E-state index contributed by atoms with van der Waals surface area (Å²) in [5.41, 5.74) is 5.00. The molecule has 5 aromatic rings. The van der Waals surface area contributed by atoms with Crippen molar-refractivity contribution in [2.45, 2.75) is 52.8 Å². The lowest BCUT2D eigenvalue weighted by Crippen LogP contribution is -2.24. The predicted octanol–water partition coefficient (Wildman–Crippen LogP) is 8.05. The van der Waals surface area contributed by atoms with Crippen LogP contribution >= 0.6 is 0 Å². The van der Waals surface area contributed by atoms with Gasteiger partial charge in [0.2, 0.25) is 20.0 Å². The number of sulfonamides is 2. The van der Waals surface area contributed by atoms with E-state index in [0.717, 1.165) is 31.1 Å². The average molecular weight is 785 g/mol. The minimum absolute atomic E-state index is 0. The van der Waals surface area contributed by atoms with E-state index in [1.807, 2.05) is 30.3 Å². The van der Waals surface area contributed by atoms with Crippen molar-refractivity contribution in [3.8, 4) is 0 Å². The van der Waals surface area contributed by atoms with E-state index < -0.39 is 26.0 Å². The number of rotatable bonds is 15. The number of para-hydroxylation sites is 2. The standard InChI is InChI=1S/C24H26N2O3S.C17H18N2O4S.CH4/c1-2-3-9-19-14-16-21(17-15-19)25-24(27)22-12-7-8-13-23(22)26-30(28,29)18-20-10-5-4-6-11-20;1-12(20)14-9-7-13(8-10-14)11-18-17(21)15-5-3-4-6-16(15)19-24(2,22)23;/h4-8,10-17,26H,2-3,9,18H2,1H3,(H,25,27);3-10,19H,11H2,1-2H3,(H,18,21);1H4. The van der Waals surface area contributed by atoms with Gasteiger partial charge in [-0.05, 0) is 72.9 Å². The number of benzene rings is 5. The zero-order valence-electron chi connectivity index (χ0n) is 30.3. The average Bonchev–Trinajstić information content (AvgIpc) is 3.14. The van der Waals surface area contributed by atoms with Crippen LogP contribution in [0.3, 0.4) is 0 Å². The Bertz CT molecular complexity index is 2260. The van der Waals surface area contributed by atoms with Gasteiger partial charge in [0.15, 0.2) is 5.78 Å². The molecule has 0 aromatic heterocycles. The first kappa shape index (κ1) is 43.6. The molecule has 0 aliphatic carbocycles. The van der Waals surface area contributed by atoms with E-state index in [-0.39, 0.29) is 53.9 Å². The van der Waals surface area contributed by atoms with E-state index in [1.165, 1.54) is 18.6 Å². The van der Waals surface area contributed by atoms with E-state index in [4.69, 9.17) is 0 Å². The van der Waals surface area contributed by atoms with Crippen LogP contribution in [-0.2, 0) is 38.8 Å². The van der Waals surface area contributed by atoms with Crippen molar-refractivity contribution < 1.29 is 31.2 Å². The summed E-state index contributed by atoms with van der Waals surface area (Å²) in [6, 6.07) is 36.5. The second kappa shape index (κ2) is 20.6. The summed E-state index contributed by atoms with van der Waals surface area (Å²) >= 11 is 0. The van der Waals surface area contributed by atoms with E-state index in [9.17, 15) is 31.2 Å². The second-order valence-corrected chi connectivity index (χ2v) is 16.0. The maximum atomic E-state index is 12.8. The first-order valence-corrected chi connectivity index (χ1v) is 20.8. The lowest BCUT2D eigenvalue weighted by Gasteiger charge is -2.13. The molecule has 0 fully saturated rings. The number of hydrogen-bond donors (Lipinski definition) is 4. The van der Waals surface area contributed by atoms with Gasteiger partial charge in [0.1, 0.15) is 0 Å². The van der Waals surface area contributed by atoms with Gasteiger partial charge in [-0.25, -0.2) is 16.8 Å². The third-order valence-corrected chi connectivity index (χ3v) is 9.78. The van der Waals surface area contributed by atoms with Crippen molar-refractivity contribution in [1.82, 2.24) is 5.32 Å². The molecule has 0 atom stereocenters. The van der Waals surface area contributed by atoms with Crippen LogP contribution < -0.4 is 20.1 Å². The first-order valence-electron chi connectivity index (χ1n) is 17.2. The molecule has 55 heavy (non-hydrogen) atoms. The molecule has 5 aromatic carbocycles. The topological polar surface area (TPSA) is 168 Å². The van der Waals surface area contributed by atoms with Gasteiger partial charge in [-0.15, -0.1) is 0 Å². The molecular weight excluding hydrogens is 737 g/mol. The molecule has 0 saturated heterocycles. The highest BCUT2D eigenvalue weighted by molar-refractivity contribution is 7.92. The van der Waals surface area contributed by atoms with E-state index in [1.54, 1.807) is 91.0 Å².